The van der Waals surface area contributed by atoms with Gasteiger partial charge in [0.2, 0.25) is 12.1 Å². The minimum atomic E-state index is -0.662. The zero-order chi connectivity index (χ0) is 21.8. The van der Waals surface area contributed by atoms with E-state index in [9.17, 15) is 9.59 Å². The Balaban J connectivity index is 1.34. The minimum absolute atomic E-state index is 0.151. The van der Waals surface area contributed by atoms with Crippen molar-refractivity contribution in [3.63, 3.8) is 0 Å². The maximum Gasteiger partial charge on any atom is 0.276 e. The summed E-state index contributed by atoms with van der Waals surface area (Å²) in [4.78, 5) is 28.4. The largest absolute Gasteiger partial charge is 0.497 e. The molecule has 2 amide bonds. The molecule has 160 valence electrons. The SMILES string of the molecule is COc1cccc(N2C=CN3C(SCC(=O)NCc4ccccc4Cl)=NNC3C2=O)c1. The van der Waals surface area contributed by atoms with E-state index in [0.717, 1.165) is 5.56 Å². The number of carbonyl (C=O) groups is 2. The van der Waals surface area contributed by atoms with Gasteiger partial charge in [-0.25, -0.2) is 0 Å². The summed E-state index contributed by atoms with van der Waals surface area (Å²) in [5.41, 5.74) is 4.39. The number of rotatable bonds is 6. The minimum Gasteiger partial charge on any atom is -0.497 e. The molecule has 0 fully saturated rings. The van der Waals surface area contributed by atoms with Gasteiger partial charge in [0.05, 0.1) is 18.6 Å². The van der Waals surface area contributed by atoms with Gasteiger partial charge in [0.1, 0.15) is 5.75 Å². The second-order valence-electron chi connectivity index (χ2n) is 6.70. The summed E-state index contributed by atoms with van der Waals surface area (Å²) in [6.45, 7) is 0.351. The van der Waals surface area contributed by atoms with Gasteiger partial charge in [-0.3, -0.25) is 24.8 Å². The number of carbonyl (C=O) groups excluding carboxylic acids is 2. The van der Waals surface area contributed by atoms with Crippen molar-refractivity contribution in [1.82, 2.24) is 15.6 Å². The van der Waals surface area contributed by atoms with Gasteiger partial charge in [-0.1, -0.05) is 47.6 Å². The number of hydrazone groups is 1. The Hall–Kier alpha value is -3.17. The van der Waals surface area contributed by atoms with Crippen LogP contribution in [0.1, 0.15) is 5.56 Å². The lowest BCUT2D eigenvalue weighted by molar-refractivity contribution is -0.122. The summed E-state index contributed by atoms with van der Waals surface area (Å²) in [6, 6.07) is 14.6. The van der Waals surface area contributed by atoms with Crippen molar-refractivity contribution in [1.29, 1.82) is 0 Å². The van der Waals surface area contributed by atoms with E-state index in [1.54, 1.807) is 36.5 Å². The molecule has 1 unspecified atom stereocenters. The molecule has 10 heteroatoms. The molecule has 2 aromatic carbocycles. The first-order chi connectivity index (χ1) is 15.1. The summed E-state index contributed by atoms with van der Waals surface area (Å²) in [5.74, 6) is 0.492. The van der Waals surface area contributed by atoms with Crippen molar-refractivity contribution >= 4 is 46.0 Å². The molecule has 2 heterocycles. The van der Waals surface area contributed by atoms with Crippen LogP contribution < -0.4 is 20.4 Å². The predicted molar refractivity (Wildman–Crippen MR) is 122 cm³/mol. The highest BCUT2D eigenvalue weighted by atomic mass is 35.5. The highest BCUT2D eigenvalue weighted by Gasteiger charge is 2.38. The van der Waals surface area contributed by atoms with Crippen LogP contribution in [0.2, 0.25) is 5.02 Å². The molecule has 0 radical (unpaired) electrons. The molecule has 2 aliphatic heterocycles. The first-order valence-electron chi connectivity index (χ1n) is 9.47. The zero-order valence-corrected chi connectivity index (χ0v) is 18.2. The highest BCUT2D eigenvalue weighted by Crippen LogP contribution is 2.27. The molecule has 0 spiro atoms. The van der Waals surface area contributed by atoms with E-state index in [1.807, 2.05) is 36.4 Å². The number of amides is 2. The molecular formula is C21H20ClN5O3S. The Morgan fingerprint density at radius 2 is 2.10 bits per heavy atom. The molecule has 0 bridgehead atoms. The predicted octanol–water partition coefficient (Wildman–Crippen LogP) is 2.72. The summed E-state index contributed by atoms with van der Waals surface area (Å²) in [7, 11) is 1.58. The maximum absolute atomic E-state index is 12.9. The maximum atomic E-state index is 12.9. The zero-order valence-electron chi connectivity index (χ0n) is 16.6. The van der Waals surface area contributed by atoms with Gasteiger partial charge in [-0.05, 0) is 23.8 Å². The number of thioether (sulfide) groups is 1. The summed E-state index contributed by atoms with van der Waals surface area (Å²) < 4.78 is 5.23. The average molecular weight is 458 g/mol. The van der Waals surface area contributed by atoms with Crippen molar-refractivity contribution in [3.8, 4) is 5.75 Å². The molecule has 2 aliphatic rings. The smallest absolute Gasteiger partial charge is 0.276 e. The van der Waals surface area contributed by atoms with E-state index in [0.29, 0.717) is 28.2 Å². The molecular weight excluding hydrogens is 438 g/mol. The third kappa shape index (κ3) is 4.62. The third-order valence-corrected chi connectivity index (χ3v) is 6.06. The van der Waals surface area contributed by atoms with Crippen molar-refractivity contribution in [2.24, 2.45) is 5.10 Å². The van der Waals surface area contributed by atoms with Gasteiger partial charge in [-0.2, -0.15) is 5.10 Å². The van der Waals surface area contributed by atoms with Crippen LogP contribution in [0.5, 0.6) is 5.75 Å². The standard InChI is InChI=1S/C21H20ClN5O3S/c1-30-16-7-4-6-15(11-16)26-9-10-27-19(20(26)29)24-25-21(27)31-13-18(28)23-12-14-5-2-3-8-17(14)22/h2-11,19,24H,12-13H2,1H3,(H,23,28). The van der Waals surface area contributed by atoms with Gasteiger partial charge in [0.15, 0.2) is 5.17 Å². The molecule has 0 saturated heterocycles. The number of fused-ring (bicyclic) bond motifs is 1. The molecule has 0 aromatic heterocycles. The van der Waals surface area contributed by atoms with Crippen LogP contribution in [0.3, 0.4) is 0 Å². The van der Waals surface area contributed by atoms with Crippen LogP contribution >= 0.6 is 23.4 Å². The number of nitrogens with zero attached hydrogens (tertiary/aromatic N) is 3. The van der Waals surface area contributed by atoms with Gasteiger partial charge in [0, 0.05) is 30.0 Å². The fourth-order valence-electron chi connectivity index (χ4n) is 3.11. The van der Waals surface area contributed by atoms with E-state index in [2.05, 4.69) is 15.8 Å². The van der Waals surface area contributed by atoms with Crippen molar-refractivity contribution in [3.05, 3.63) is 71.5 Å². The Morgan fingerprint density at radius 3 is 2.90 bits per heavy atom. The normalized spacial score (nSPS) is 17.2. The van der Waals surface area contributed by atoms with Gasteiger partial charge < -0.3 is 10.1 Å². The fraction of sp³-hybridized carbons (Fsp3) is 0.190. The molecule has 0 aliphatic carbocycles. The first kappa shape index (κ1) is 21.1. The number of hydrogen-bond acceptors (Lipinski definition) is 7. The second-order valence-corrected chi connectivity index (χ2v) is 8.05. The lowest BCUT2D eigenvalue weighted by Crippen LogP contribution is -2.52. The monoisotopic (exact) mass is 457 g/mol. The lowest BCUT2D eigenvalue weighted by Gasteiger charge is -2.32. The number of amidine groups is 1. The molecule has 1 atom stereocenters. The van der Waals surface area contributed by atoms with Gasteiger partial charge in [0.25, 0.3) is 5.91 Å². The van der Waals surface area contributed by atoms with Gasteiger partial charge >= 0.3 is 0 Å². The topological polar surface area (TPSA) is 86.3 Å². The summed E-state index contributed by atoms with van der Waals surface area (Å²) in [6.07, 6.45) is 2.78. The highest BCUT2D eigenvalue weighted by molar-refractivity contribution is 8.14. The quantitative estimate of drug-likeness (QED) is 0.693. The Labute approximate surface area is 188 Å². The molecule has 0 saturated carbocycles. The van der Waals surface area contributed by atoms with E-state index >= 15 is 0 Å². The Morgan fingerprint density at radius 1 is 1.26 bits per heavy atom. The summed E-state index contributed by atoms with van der Waals surface area (Å²) >= 11 is 7.36. The number of anilines is 1. The number of nitrogens with one attached hydrogen (secondary N) is 2. The van der Waals surface area contributed by atoms with Crippen LogP contribution in [0.15, 0.2) is 66.0 Å². The van der Waals surface area contributed by atoms with E-state index in [4.69, 9.17) is 16.3 Å². The van der Waals surface area contributed by atoms with E-state index < -0.39 is 6.17 Å². The number of benzene rings is 2. The molecule has 31 heavy (non-hydrogen) atoms. The third-order valence-electron chi connectivity index (χ3n) is 4.73. The van der Waals surface area contributed by atoms with Crippen molar-refractivity contribution in [2.75, 3.05) is 17.8 Å². The fourth-order valence-corrected chi connectivity index (χ4v) is 4.11. The average Bonchev–Trinajstić information content (AvgIpc) is 3.21. The van der Waals surface area contributed by atoms with Crippen LogP contribution in [-0.4, -0.2) is 40.9 Å². The van der Waals surface area contributed by atoms with Crippen molar-refractivity contribution in [2.45, 2.75) is 12.7 Å². The second kappa shape index (κ2) is 9.32. The number of hydrogen-bond donors (Lipinski definition) is 2. The molecule has 4 rings (SSSR count). The van der Waals surface area contributed by atoms with Crippen LogP contribution in [-0.2, 0) is 16.1 Å². The first-order valence-corrected chi connectivity index (χ1v) is 10.8. The number of halogens is 1. The lowest BCUT2D eigenvalue weighted by atomic mass is 10.2. The van der Waals surface area contributed by atoms with E-state index in [-0.39, 0.29) is 17.6 Å². The van der Waals surface area contributed by atoms with Crippen LogP contribution in [0, 0.1) is 0 Å². The number of ether oxygens (including phenoxy) is 1. The molecule has 8 nitrogen and oxygen atoms in total. The molecule has 2 aromatic rings. The summed E-state index contributed by atoms with van der Waals surface area (Å²) in [5, 5.41) is 8.23. The number of methoxy groups -OCH3 is 1. The Kier molecular flexibility index (Phi) is 6.34. The van der Waals surface area contributed by atoms with Gasteiger partial charge in [-0.15, -0.1) is 0 Å². The molecule has 2 N–H and O–H groups in total. The van der Waals surface area contributed by atoms with Crippen LogP contribution in [0.4, 0.5) is 5.69 Å². The Bertz CT molecular complexity index is 1060. The van der Waals surface area contributed by atoms with Crippen LogP contribution in [0.25, 0.3) is 0 Å². The van der Waals surface area contributed by atoms with E-state index in [1.165, 1.54) is 16.7 Å². The van der Waals surface area contributed by atoms with Crippen molar-refractivity contribution < 1.29 is 14.3 Å².